The first kappa shape index (κ1) is 24.0. The minimum atomic E-state index is -0.0625. The quantitative estimate of drug-likeness (QED) is 0.324. The average molecular weight is 534 g/mol. The fraction of sp³-hybridized carbons (Fsp3) is 0.200. The third-order valence-corrected chi connectivity index (χ3v) is 7.46. The second kappa shape index (κ2) is 9.57. The van der Waals surface area contributed by atoms with Crippen LogP contribution in [0.5, 0.6) is 17.2 Å². The van der Waals surface area contributed by atoms with Crippen molar-refractivity contribution in [3.63, 3.8) is 0 Å². The number of rotatable bonds is 5. The number of hydrogen-bond acceptors (Lipinski definition) is 8. The van der Waals surface area contributed by atoms with Crippen LogP contribution in [0, 0.1) is 6.92 Å². The number of imidazole rings is 1. The van der Waals surface area contributed by atoms with Gasteiger partial charge in [-0.1, -0.05) is 6.58 Å². The van der Waals surface area contributed by atoms with Gasteiger partial charge >= 0.3 is 0 Å². The Balaban J connectivity index is 1.15. The van der Waals surface area contributed by atoms with Crippen molar-refractivity contribution in [1.82, 2.24) is 24.3 Å². The number of aryl methyl sites for hydroxylation is 1. The van der Waals surface area contributed by atoms with E-state index in [1.54, 1.807) is 12.5 Å². The van der Waals surface area contributed by atoms with Crippen molar-refractivity contribution in [2.45, 2.75) is 13.0 Å². The topological polar surface area (TPSA) is 97.1 Å². The molecule has 1 amide bonds. The van der Waals surface area contributed by atoms with Gasteiger partial charge in [0.05, 0.1) is 17.2 Å². The Kier molecular flexibility index (Phi) is 5.73. The van der Waals surface area contributed by atoms with Crippen LogP contribution in [0.15, 0.2) is 80.0 Å². The highest BCUT2D eigenvalue weighted by atomic mass is 16.5. The van der Waals surface area contributed by atoms with Crippen molar-refractivity contribution >= 4 is 39.6 Å². The zero-order chi connectivity index (χ0) is 27.2. The number of aromatic nitrogens is 4. The normalized spacial score (nSPS) is 16.3. The van der Waals surface area contributed by atoms with Gasteiger partial charge in [0.15, 0.2) is 0 Å². The van der Waals surface area contributed by atoms with Crippen molar-refractivity contribution in [2.75, 3.05) is 36.5 Å². The van der Waals surface area contributed by atoms with Crippen LogP contribution in [0.25, 0.3) is 16.6 Å². The molecule has 2 bridgehead atoms. The number of amides is 1. The third-order valence-electron chi connectivity index (χ3n) is 7.46. The van der Waals surface area contributed by atoms with Gasteiger partial charge in [0.1, 0.15) is 41.6 Å². The summed E-state index contributed by atoms with van der Waals surface area (Å²) in [6.07, 6.45) is 8.50. The van der Waals surface area contributed by atoms with E-state index in [0.29, 0.717) is 32.1 Å². The number of anilines is 3. The first-order valence-corrected chi connectivity index (χ1v) is 13.1. The van der Waals surface area contributed by atoms with E-state index in [2.05, 4.69) is 37.8 Å². The molecule has 2 aromatic carbocycles. The Morgan fingerprint density at radius 2 is 2.05 bits per heavy atom. The van der Waals surface area contributed by atoms with Crippen LogP contribution >= 0.6 is 0 Å². The van der Waals surface area contributed by atoms with Gasteiger partial charge in [-0.05, 0) is 48.9 Å². The van der Waals surface area contributed by atoms with E-state index in [-0.39, 0.29) is 11.9 Å². The van der Waals surface area contributed by atoms with E-state index in [1.807, 2.05) is 65.0 Å². The van der Waals surface area contributed by atoms with Crippen LogP contribution in [0.4, 0.5) is 17.2 Å². The van der Waals surface area contributed by atoms with Gasteiger partial charge in [-0.15, -0.1) is 0 Å². The SMILES string of the molecule is C=CC(=O)N1CCN2C[C@H]1COc1cc3ncnc(Nc4ccc(Oc5ccn6ccnc6c5)c(C)c4)c3cc12. The Morgan fingerprint density at radius 1 is 1.12 bits per heavy atom. The summed E-state index contributed by atoms with van der Waals surface area (Å²) in [7, 11) is 0. The Bertz CT molecular complexity index is 1780. The van der Waals surface area contributed by atoms with Gasteiger partial charge in [-0.25, -0.2) is 15.0 Å². The molecule has 5 aromatic rings. The van der Waals surface area contributed by atoms with Gasteiger partial charge in [-0.3, -0.25) is 4.79 Å². The van der Waals surface area contributed by atoms with E-state index in [0.717, 1.165) is 50.7 Å². The largest absolute Gasteiger partial charge is 0.489 e. The second-order valence-corrected chi connectivity index (χ2v) is 9.97. The fourth-order valence-electron chi connectivity index (χ4n) is 5.41. The summed E-state index contributed by atoms with van der Waals surface area (Å²) in [6.45, 7) is 8.11. The molecule has 0 radical (unpaired) electrons. The summed E-state index contributed by atoms with van der Waals surface area (Å²) in [6, 6.07) is 13.8. The lowest BCUT2D eigenvalue weighted by molar-refractivity contribution is -0.129. The van der Waals surface area contributed by atoms with Crippen LogP contribution in [-0.4, -0.2) is 62.4 Å². The molecule has 1 saturated heterocycles. The molecule has 7 rings (SSSR count). The highest BCUT2D eigenvalue weighted by molar-refractivity contribution is 5.95. The van der Waals surface area contributed by atoms with Gasteiger partial charge in [0.25, 0.3) is 0 Å². The number of carbonyl (C=O) groups is 1. The van der Waals surface area contributed by atoms with Crippen LogP contribution in [0.2, 0.25) is 0 Å². The molecule has 5 heterocycles. The van der Waals surface area contributed by atoms with E-state index in [9.17, 15) is 4.79 Å². The monoisotopic (exact) mass is 533 g/mol. The molecule has 0 saturated carbocycles. The average Bonchev–Trinajstić information content (AvgIpc) is 3.40. The predicted octanol–water partition coefficient (Wildman–Crippen LogP) is 4.72. The molecule has 10 heteroatoms. The van der Waals surface area contributed by atoms with Crippen LogP contribution in [0.1, 0.15) is 5.56 Å². The molecule has 1 fully saturated rings. The maximum absolute atomic E-state index is 12.3. The van der Waals surface area contributed by atoms with Gasteiger partial charge in [0, 0.05) is 61.4 Å². The molecule has 0 aliphatic carbocycles. The molecular weight excluding hydrogens is 506 g/mol. The van der Waals surface area contributed by atoms with Crippen molar-refractivity contribution in [3.8, 4) is 17.2 Å². The maximum atomic E-state index is 12.3. The number of carbonyl (C=O) groups excluding carboxylic acids is 1. The highest BCUT2D eigenvalue weighted by Gasteiger charge is 2.34. The first-order chi connectivity index (χ1) is 19.6. The number of nitrogens with one attached hydrogen (secondary N) is 1. The maximum Gasteiger partial charge on any atom is 0.246 e. The summed E-state index contributed by atoms with van der Waals surface area (Å²) >= 11 is 0. The zero-order valence-electron chi connectivity index (χ0n) is 21.9. The van der Waals surface area contributed by atoms with Crippen LogP contribution in [-0.2, 0) is 4.79 Å². The molecule has 3 aromatic heterocycles. The number of nitrogens with zero attached hydrogens (tertiary/aromatic N) is 6. The van der Waals surface area contributed by atoms with Gasteiger partial charge < -0.3 is 29.0 Å². The fourth-order valence-corrected chi connectivity index (χ4v) is 5.41. The number of hydrogen-bond donors (Lipinski definition) is 1. The predicted molar refractivity (Wildman–Crippen MR) is 153 cm³/mol. The van der Waals surface area contributed by atoms with E-state index < -0.39 is 0 Å². The Labute approximate surface area is 230 Å². The summed E-state index contributed by atoms with van der Waals surface area (Å²) in [5.41, 5.74) is 4.45. The number of pyridine rings is 1. The lowest BCUT2D eigenvalue weighted by Gasteiger charge is -2.39. The van der Waals surface area contributed by atoms with Gasteiger partial charge in [0.2, 0.25) is 5.91 Å². The zero-order valence-corrected chi connectivity index (χ0v) is 21.9. The smallest absolute Gasteiger partial charge is 0.246 e. The minimum absolute atomic E-state index is 0.0382. The van der Waals surface area contributed by atoms with Crippen molar-refractivity contribution in [3.05, 3.63) is 85.6 Å². The highest BCUT2D eigenvalue weighted by Crippen LogP contribution is 2.39. The number of benzene rings is 2. The number of ether oxygens (including phenoxy) is 2. The molecule has 0 unspecified atom stereocenters. The summed E-state index contributed by atoms with van der Waals surface area (Å²) < 4.78 is 14.3. The molecule has 200 valence electrons. The first-order valence-electron chi connectivity index (χ1n) is 13.1. The molecule has 2 aliphatic heterocycles. The number of fused-ring (bicyclic) bond motifs is 6. The molecular formula is C30H27N7O3. The van der Waals surface area contributed by atoms with Crippen LogP contribution in [0.3, 0.4) is 0 Å². The molecule has 40 heavy (non-hydrogen) atoms. The second-order valence-electron chi connectivity index (χ2n) is 9.97. The molecule has 10 nitrogen and oxygen atoms in total. The minimum Gasteiger partial charge on any atom is -0.489 e. The standard InChI is InChI=1S/C30H27N7O3/c1-3-29(38)37-11-10-36-16-21(37)17-39-27-15-24-23(14-25(27)36)30(33-18-32-24)34-20-4-5-26(19(2)12-20)40-22-6-8-35-9-7-31-28(35)13-22/h3-9,12-15,18,21H,1,10-11,16-17H2,2H3,(H,32,33,34)/t21-/m0/s1. The van der Waals surface area contributed by atoms with Crippen LogP contribution < -0.4 is 19.7 Å². The molecule has 1 atom stereocenters. The number of piperazine rings is 1. The van der Waals surface area contributed by atoms with E-state index >= 15 is 0 Å². The summed E-state index contributed by atoms with van der Waals surface area (Å²) in [5, 5.41) is 4.35. The lowest BCUT2D eigenvalue weighted by atomic mass is 10.1. The summed E-state index contributed by atoms with van der Waals surface area (Å²) in [5.74, 6) is 2.89. The van der Waals surface area contributed by atoms with E-state index in [4.69, 9.17) is 9.47 Å². The van der Waals surface area contributed by atoms with Crippen molar-refractivity contribution < 1.29 is 14.3 Å². The lowest BCUT2D eigenvalue weighted by Crippen LogP contribution is -2.56. The van der Waals surface area contributed by atoms with Gasteiger partial charge in [-0.2, -0.15) is 0 Å². The van der Waals surface area contributed by atoms with Crippen molar-refractivity contribution in [1.29, 1.82) is 0 Å². The molecule has 0 spiro atoms. The Morgan fingerprint density at radius 3 is 2.92 bits per heavy atom. The molecule has 1 N–H and O–H groups in total. The Hall–Kier alpha value is -5.12. The third kappa shape index (κ3) is 4.23. The summed E-state index contributed by atoms with van der Waals surface area (Å²) in [4.78, 5) is 29.8. The molecule has 2 aliphatic rings. The van der Waals surface area contributed by atoms with Crippen molar-refractivity contribution in [2.24, 2.45) is 0 Å². The van der Waals surface area contributed by atoms with E-state index in [1.165, 1.54) is 6.08 Å².